The lowest BCUT2D eigenvalue weighted by Gasteiger charge is -2.38. The number of halogens is 1. The molecule has 2 unspecified atom stereocenters. The van der Waals surface area contributed by atoms with Crippen LogP contribution in [0, 0.1) is 5.82 Å². The van der Waals surface area contributed by atoms with E-state index in [0.29, 0.717) is 18.3 Å². The molecule has 5 heteroatoms. The highest BCUT2D eigenvalue weighted by Gasteiger charge is 2.27. The smallest absolute Gasteiger partial charge is 0.123 e. The van der Waals surface area contributed by atoms with Crippen LogP contribution in [0.1, 0.15) is 25.7 Å². The summed E-state index contributed by atoms with van der Waals surface area (Å²) in [4.78, 5) is 4.96. The van der Waals surface area contributed by atoms with E-state index in [-0.39, 0.29) is 12.4 Å². The average molecular weight is 322 g/mol. The van der Waals surface area contributed by atoms with Gasteiger partial charge < -0.3 is 9.84 Å². The fraction of sp³-hybridized carbons (Fsp3) is 0.667. The first-order valence-corrected chi connectivity index (χ1v) is 8.73. The summed E-state index contributed by atoms with van der Waals surface area (Å²) >= 11 is 0. The Balaban J connectivity index is 1.41. The molecule has 0 spiro atoms. The Labute approximate surface area is 137 Å². The lowest BCUT2D eigenvalue weighted by molar-refractivity contribution is 0.0416. The minimum absolute atomic E-state index is 0.247. The summed E-state index contributed by atoms with van der Waals surface area (Å²) in [6, 6.07) is 6.56. The van der Waals surface area contributed by atoms with Crippen LogP contribution < -0.4 is 4.74 Å². The van der Waals surface area contributed by atoms with Crippen molar-refractivity contribution in [2.75, 3.05) is 39.3 Å². The number of aliphatic hydroxyl groups excluding tert-OH is 1. The third-order valence-corrected chi connectivity index (χ3v) is 4.86. The van der Waals surface area contributed by atoms with Gasteiger partial charge in [-0.1, -0.05) is 0 Å². The van der Waals surface area contributed by atoms with Crippen molar-refractivity contribution in [2.24, 2.45) is 0 Å². The molecule has 0 bridgehead atoms. The number of likely N-dealkylation sites (tertiary alicyclic amines) is 2. The molecule has 0 saturated carbocycles. The van der Waals surface area contributed by atoms with Gasteiger partial charge in [-0.15, -0.1) is 0 Å². The zero-order chi connectivity index (χ0) is 16.1. The molecule has 0 amide bonds. The molecule has 1 aromatic carbocycles. The SMILES string of the molecule is OC(COc1ccc(F)cc1)CN1CCCC(N2CCCC2)C1. The standard InChI is InChI=1S/C18H27FN2O2/c19-15-5-7-18(8-6-15)23-14-17(22)13-20-9-3-4-16(12-20)21-10-1-2-11-21/h5-8,16-17,22H,1-4,9-14H2. The molecule has 4 nitrogen and oxygen atoms in total. The average Bonchev–Trinajstić information content (AvgIpc) is 3.09. The summed E-state index contributed by atoms with van der Waals surface area (Å²) in [5.74, 6) is 0.318. The predicted octanol–water partition coefficient (Wildman–Crippen LogP) is 2.13. The van der Waals surface area contributed by atoms with Crippen molar-refractivity contribution >= 4 is 0 Å². The molecular formula is C18H27FN2O2. The summed E-state index contributed by atoms with van der Waals surface area (Å²) in [5.41, 5.74) is 0. The molecule has 3 rings (SSSR count). The summed E-state index contributed by atoms with van der Waals surface area (Å²) in [7, 11) is 0. The molecular weight excluding hydrogens is 295 g/mol. The van der Waals surface area contributed by atoms with Crippen molar-refractivity contribution in [1.82, 2.24) is 9.80 Å². The van der Waals surface area contributed by atoms with Gasteiger partial charge in [0, 0.05) is 19.1 Å². The molecule has 2 aliphatic rings. The minimum Gasteiger partial charge on any atom is -0.491 e. The molecule has 2 aliphatic heterocycles. The minimum atomic E-state index is -0.516. The van der Waals surface area contributed by atoms with Crippen LogP contribution in [-0.2, 0) is 0 Å². The first-order chi connectivity index (χ1) is 11.2. The van der Waals surface area contributed by atoms with Gasteiger partial charge in [0.15, 0.2) is 0 Å². The van der Waals surface area contributed by atoms with Crippen LogP contribution in [0.15, 0.2) is 24.3 Å². The van der Waals surface area contributed by atoms with Crippen LogP contribution in [0.4, 0.5) is 4.39 Å². The number of rotatable bonds is 6. The third-order valence-electron chi connectivity index (χ3n) is 4.86. The van der Waals surface area contributed by atoms with Crippen molar-refractivity contribution in [2.45, 2.75) is 37.8 Å². The predicted molar refractivity (Wildman–Crippen MR) is 88.2 cm³/mol. The summed E-state index contributed by atoms with van der Waals surface area (Å²) in [6.45, 7) is 5.46. The highest BCUT2D eigenvalue weighted by Crippen LogP contribution is 2.20. The number of β-amino-alcohol motifs (C(OH)–C–C–N with tert-alkyl or cyclic N) is 1. The van der Waals surface area contributed by atoms with E-state index < -0.39 is 6.10 Å². The van der Waals surface area contributed by atoms with Crippen LogP contribution in [0.5, 0.6) is 5.75 Å². The molecule has 1 N–H and O–H groups in total. The Morgan fingerprint density at radius 2 is 1.87 bits per heavy atom. The Kier molecular flexibility index (Phi) is 5.86. The molecule has 1 aromatic rings. The first kappa shape index (κ1) is 16.7. The molecule has 2 fully saturated rings. The Bertz CT molecular complexity index is 476. The van der Waals surface area contributed by atoms with E-state index in [2.05, 4.69) is 9.80 Å². The number of hydrogen-bond donors (Lipinski definition) is 1. The fourth-order valence-electron chi connectivity index (χ4n) is 3.68. The first-order valence-electron chi connectivity index (χ1n) is 8.73. The fourth-order valence-corrected chi connectivity index (χ4v) is 3.68. The number of benzene rings is 1. The molecule has 0 radical (unpaired) electrons. The van der Waals surface area contributed by atoms with Crippen molar-refractivity contribution in [1.29, 1.82) is 0 Å². The lowest BCUT2D eigenvalue weighted by atomic mass is 10.0. The van der Waals surface area contributed by atoms with E-state index in [1.807, 2.05) is 0 Å². The largest absolute Gasteiger partial charge is 0.491 e. The second kappa shape index (κ2) is 8.08. The Morgan fingerprint density at radius 1 is 1.13 bits per heavy atom. The van der Waals surface area contributed by atoms with Gasteiger partial charge in [-0.3, -0.25) is 9.80 Å². The summed E-state index contributed by atoms with van der Waals surface area (Å²) < 4.78 is 18.4. The van der Waals surface area contributed by atoms with E-state index in [1.54, 1.807) is 12.1 Å². The van der Waals surface area contributed by atoms with Crippen molar-refractivity contribution in [3.63, 3.8) is 0 Å². The van der Waals surface area contributed by atoms with Gasteiger partial charge >= 0.3 is 0 Å². The Morgan fingerprint density at radius 3 is 2.61 bits per heavy atom. The maximum atomic E-state index is 12.8. The normalized spacial score (nSPS) is 24.7. The molecule has 2 saturated heterocycles. The van der Waals surface area contributed by atoms with Gasteiger partial charge in [-0.25, -0.2) is 4.39 Å². The molecule has 0 aromatic heterocycles. The second-order valence-electron chi connectivity index (χ2n) is 6.72. The van der Waals surface area contributed by atoms with Gasteiger partial charge in [-0.2, -0.15) is 0 Å². The molecule has 2 atom stereocenters. The van der Waals surface area contributed by atoms with E-state index in [1.165, 1.54) is 50.9 Å². The van der Waals surface area contributed by atoms with Crippen LogP contribution in [0.2, 0.25) is 0 Å². The molecule has 128 valence electrons. The molecule has 2 heterocycles. The number of hydrogen-bond acceptors (Lipinski definition) is 4. The number of nitrogens with zero attached hydrogens (tertiary/aromatic N) is 2. The maximum Gasteiger partial charge on any atom is 0.123 e. The third kappa shape index (κ3) is 4.90. The molecule has 23 heavy (non-hydrogen) atoms. The Hall–Kier alpha value is -1.17. The van der Waals surface area contributed by atoms with Crippen molar-refractivity contribution in [3.8, 4) is 5.75 Å². The topological polar surface area (TPSA) is 35.9 Å². The van der Waals surface area contributed by atoms with E-state index in [9.17, 15) is 9.50 Å². The van der Waals surface area contributed by atoms with Crippen LogP contribution >= 0.6 is 0 Å². The van der Waals surface area contributed by atoms with Crippen molar-refractivity contribution < 1.29 is 14.2 Å². The van der Waals surface area contributed by atoms with Gasteiger partial charge in [0.25, 0.3) is 0 Å². The second-order valence-corrected chi connectivity index (χ2v) is 6.72. The monoisotopic (exact) mass is 322 g/mol. The zero-order valence-electron chi connectivity index (χ0n) is 13.7. The van der Waals surface area contributed by atoms with Gasteiger partial charge in [0.05, 0.1) is 0 Å². The lowest BCUT2D eigenvalue weighted by Crippen LogP contribution is -2.49. The van der Waals surface area contributed by atoms with Gasteiger partial charge in [0.1, 0.15) is 24.3 Å². The van der Waals surface area contributed by atoms with E-state index >= 15 is 0 Å². The van der Waals surface area contributed by atoms with Crippen molar-refractivity contribution in [3.05, 3.63) is 30.1 Å². The van der Waals surface area contributed by atoms with E-state index in [4.69, 9.17) is 4.74 Å². The number of piperidine rings is 1. The maximum absolute atomic E-state index is 12.8. The number of ether oxygens (including phenoxy) is 1. The highest BCUT2D eigenvalue weighted by molar-refractivity contribution is 5.22. The van der Waals surface area contributed by atoms with E-state index in [0.717, 1.165) is 13.1 Å². The molecule has 0 aliphatic carbocycles. The van der Waals surface area contributed by atoms with Crippen LogP contribution in [0.25, 0.3) is 0 Å². The number of aliphatic hydroxyl groups is 1. The van der Waals surface area contributed by atoms with Crippen LogP contribution in [0.3, 0.4) is 0 Å². The quantitative estimate of drug-likeness (QED) is 0.870. The van der Waals surface area contributed by atoms with Gasteiger partial charge in [-0.05, 0) is 69.6 Å². The van der Waals surface area contributed by atoms with Gasteiger partial charge in [0.2, 0.25) is 0 Å². The highest BCUT2D eigenvalue weighted by atomic mass is 19.1. The summed E-state index contributed by atoms with van der Waals surface area (Å²) in [5, 5.41) is 10.2. The summed E-state index contributed by atoms with van der Waals surface area (Å²) in [6.07, 6.45) is 4.61. The zero-order valence-corrected chi connectivity index (χ0v) is 13.7. The van der Waals surface area contributed by atoms with Crippen LogP contribution in [-0.4, -0.2) is 66.4 Å².